The highest BCUT2D eigenvalue weighted by Gasteiger charge is 2.33. The predicted octanol–water partition coefficient (Wildman–Crippen LogP) is 3.82. The third-order valence-corrected chi connectivity index (χ3v) is 4.06. The monoisotopic (exact) mass is 400 g/mol. The van der Waals surface area contributed by atoms with E-state index in [1.165, 1.54) is 0 Å². The van der Waals surface area contributed by atoms with Gasteiger partial charge in [0.15, 0.2) is 0 Å². The fourth-order valence-electron chi connectivity index (χ4n) is 2.69. The summed E-state index contributed by atoms with van der Waals surface area (Å²) in [6.45, 7) is 7.84. The van der Waals surface area contributed by atoms with Gasteiger partial charge in [0.1, 0.15) is 17.6 Å². The third kappa shape index (κ3) is 7.25. The fraction of sp³-hybridized carbons (Fsp3) is 0.348. The van der Waals surface area contributed by atoms with E-state index in [0.717, 1.165) is 17.4 Å². The summed E-state index contributed by atoms with van der Waals surface area (Å²) in [5, 5.41) is 10.6. The lowest BCUT2D eigenvalue weighted by atomic mass is 10.0. The highest BCUT2D eigenvalue weighted by Crippen LogP contribution is 2.27. The Bertz CT molecular complexity index is 786. The molecule has 0 radical (unpaired) electrons. The van der Waals surface area contributed by atoms with Crippen molar-refractivity contribution in [3.05, 3.63) is 78.1 Å². The number of hydrogen-bond donors (Lipinski definition) is 1. The van der Waals surface area contributed by atoms with E-state index in [1.807, 2.05) is 30.3 Å². The smallest absolute Gasteiger partial charge is 0.337 e. The first-order valence-electron chi connectivity index (χ1n) is 9.33. The van der Waals surface area contributed by atoms with E-state index in [2.05, 4.69) is 6.58 Å². The van der Waals surface area contributed by atoms with E-state index < -0.39 is 17.9 Å². The van der Waals surface area contributed by atoms with Gasteiger partial charge in [-0.15, -0.1) is 6.58 Å². The molecule has 1 aromatic rings. The van der Waals surface area contributed by atoms with E-state index >= 15 is 0 Å². The SMILES string of the molecule is C=CC/C(=C/C=C/COCc1ccc(OC)cc1)[C@@H](O)C1=CC(=O)OC(C)(C)O1. The number of carbonyl (C=O) groups excluding carboxylic acids is 1. The Morgan fingerprint density at radius 3 is 2.62 bits per heavy atom. The van der Waals surface area contributed by atoms with Gasteiger partial charge in [0.25, 0.3) is 0 Å². The van der Waals surface area contributed by atoms with Crippen molar-refractivity contribution in [2.24, 2.45) is 0 Å². The lowest BCUT2D eigenvalue weighted by Gasteiger charge is -2.32. The molecule has 29 heavy (non-hydrogen) atoms. The van der Waals surface area contributed by atoms with Crippen LogP contribution in [0.25, 0.3) is 0 Å². The first kappa shape index (κ1) is 22.5. The van der Waals surface area contributed by atoms with E-state index in [9.17, 15) is 9.90 Å². The number of aliphatic hydroxyl groups is 1. The molecule has 1 aliphatic heterocycles. The van der Waals surface area contributed by atoms with Crippen molar-refractivity contribution in [3.63, 3.8) is 0 Å². The van der Waals surface area contributed by atoms with Gasteiger partial charge in [-0.1, -0.05) is 36.4 Å². The number of esters is 1. The zero-order valence-corrected chi connectivity index (χ0v) is 17.1. The molecular formula is C23H28O6. The Labute approximate surface area is 171 Å². The summed E-state index contributed by atoms with van der Waals surface area (Å²) in [7, 11) is 1.63. The van der Waals surface area contributed by atoms with Gasteiger partial charge >= 0.3 is 5.97 Å². The second kappa shape index (κ2) is 10.6. The summed E-state index contributed by atoms with van der Waals surface area (Å²) in [6.07, 6.45) is 7.61. The molecule has 1 atom stereocenters. The van der Waals surface area contributed by atoms with E-state index in [0.29, 0.717) is 25.2 Å². The summed E-state index contributed by atoms with van der Waals surface area (Å²) >= 11 is 0. The van der Waals surface area contributed by atoms with Crippen LogP contribution >= 0.6 is 0 Å². The van der Waals surface area contributed by atoms with Gasteiger partial charge in [-0.2, -0.15) is 0 Å². The average Bonchev–Trinajstić information content (AvgIpc) is 2.68. The topological polar surface area (TPSA) is 74.2 Å². The molecule has 2 rings (SSSR count). The first-order valence-corrected chi connectivity index (χ1v) is 9.33. The van der Waals surface area contributed by atoms with E-state index in [4.69, 9.17) is 18.9 Å². The number of methoxy groups -OCH3 is 1. The highest BCUT2D eigenvalue weighted by molar-refractivity contribution is 5.83. The van der Waals surface area contributed by atoms with E-state index in [1.54, 1.807) is 39.2 Å². The van der Waals surface area contributed by atoms with Gasteiger partial charge in [0, 0.05) is 13.8 Å². The minimum atomic E-state index is -1.12. The Kier molecular flexibility index (Phi) is 8.24. The minimum absolute atomic E-state index is 0.156. The van der Waals surface area contributed by atoms with Crippen LogP contribution in [0.2, 0.25) is 0 Å². The van der Waals surface area contributed by atoms with Gasteiger partial charge in [0.2, 0.25) is 5.79 Å². The Morgan fingerprint density at radius 1 is 1.28 bits per heavy atom. The van der Waals surface area contributed by atoms with Crippen molar-refractivity contribution in [3.8, 4) is 5.75 Å². The standard InChI is InChI=1S/C23H28O6/c1-5-8-18(22(25)20-15-21(24)29-23(2,3)28-20)9-6-7-14-27-16-17-10-12-19(26-4)13-11-17/h5-7,9-13,15,22,25H,1,8,14,16H2,2-4H3/b7-6+,18-9-/t22-/m1/s1. The van der Waals surface area contributed by atoms with Crippen molar-refractivity contribution in [1.29, 1.82) is 0 Å². The van der Waals surface area contributed by atoms with Crippen LogP contribution < -0.4 is 4.74 Å². The van der Waals surface area contributed by atoms with Gasteiger partial charge in [0.05, 0.1) is 26.4 Å². The van der Waals surface area contributed by atoms with Gasteiger partial charge in [-0.05, 0) is 29.7 Å². The molecule has 156 valence electrons. The number of benzene rings is 1. The predicted molar refractivity (Wildman–Crippen MR) is 110 cm³/mol. The average molecular weight is 400 g/mol. The largest absolute Gasteiger partial charge is 0.497 e. The molecule has 0 aromatic heterocycles. The molecule has 0 amide bonds. The maximum Gasteiger partial charge on any atom is 0.337 e. The summed E-state index contributed by atoms with van der Waals surface area (Å²) in [6, 6.07) is 7.68. The van der Waals surface area contributed by atoms with Gasteiger partial charge < -0.3 is 24.1 Å². The molecule has 1 aromatic carbocycles. The lowest BCUT2D eigenvalue weighted by Crippen LogP contribution is -2.37. The van der Waals surface area contributed by atoms with Crippen LogP contribution in [-0.4, -0.2) is 36.7 Å². The highest BCUT2D eigenvalue weighted by atomic mass is 16.7. The minimum Gasteiger partial charge on any atom is -0.497 e. The number of hydrogen-bond acceptors (Lipinski definition) is 6. The molecule has 0 saturated carbocycles. The molecule has 0 spiro atoms. The molecule has 0 aliphatic carbocycles. The van der Waals surface area contributed by atoms with Crippen molar-refractivity contribution in [2.75, 3.05) is 13.7 Å². The molecule has 6 nitrogen and oxygen atoms in total. The van der Waals surface area contributed by atoms with Crippen LogP contribution in [-0.2, 0) is 25.6 Å². The zero-order valence-electron chi connectivity index (χ0n) is 17.1. The Balaban J connectivity index is 1.91. The maximum atomic E-state index is 11.7. The van der Waals surface area contributed by atoms with Crippen LogP contribution in [0, 0.1) is 0 Å². The zero-order chi connectivity index (χ0) is 21.3. The molecule has 1 aliphatic rings. The molecular weight excluding hydrogens is 372 g/mol. The third-order valence-electron chi connectivity index (χ3n) is 4.06. The molecule has 1 N–H and O–H groups in total. The summed E-state index contributed by atoms with van der Waals surface area (Å²) < 4.78 is 21.4. The molecule has 0 bridgehead atoms. The molecule has 6 heteroatoms. The second-order valence-electron chi connectivity index (χ2n) is 6.90. The summed E-state index contributed by atoms with van der Waals surface area (Å²) in [5.74, 6) is -0.702. The quantitative estimate of drug-likeness (QED) is 0.279. The van der Waals surface area contributed by atoms with Crippen LogP contribution in [0.4, 0.5) is 0 Å². The van der Waals surface area contributed by atoms with Crippen LogP contribution in [0.3, 0.4) is 0 Å². The summed E-state index contributed by atoms with van der Waals surface area (Å²) in [5.41, 5.74) is 1.69. The Hall–Kier alpha value is -2.83. The van der Waals surface area contributed by atoms with Crippen molar-refractivity contribution < 1.29 is 28.8 Å². The molecule has 0 fully saturated rings. The normalized spacial score (nSPS) is 17.3. The molecule has 0 saturated heterocycles. The number of rotatable bonds is 10. The second-order valence-corrected chi connectivity index (χ2v) is 6.90. The maximum absolute atomic E-state index is 11.7. The van der Waals surface area contributed by atoms with Crippen molar-refractivity contribution in [1.82, 2.24) is 0 Å². The van der Waals surface area contributed by atoms with E-state index in [-0.39, 0.29) is 5.76 Å². The van der Waals surface area contributed by atoms with Gasteiger partial charge in [-0.25, -0.2) is 4.79 Å². The number of allylic oxidation sites excluding steroid dienone is 3. The first-order chi connectivity index (χ1) is 13.8. The fourth-order valence-corrected chi connectivity index (χ4v) is 2.69. The van der Waals surface area contributed by atoms with Crippen LogP contribution in [0.5, 0.6) is 5.75 Å². The molecule has 1 heterocycles. The van der Waals surface area contributed by atoms with Crippen molar-refractivity contribution >= 4 is 5.97 Å². The van der Waals surface area contributed by atoms with Crippen LogP contribution in [0.1, 0.15) is 25.8 Å². The Morgan fingerprint density at radius 2 is 2.00 bits per heavy atom. The van der Waals surface area contributed by atoms with Gasteiger partial charge in [-0.3, -0.25) is 0 Å². The summed E-state index contributed by atoms with van der Waals surface area (Å²) in [4.78, 5) is 11.7. The molecule has 0 unspecified atom stereocenters. The number of ether oxygens (including phenoxy) is 4. The number of carbonyl (C=O) groups is 1. The number of aliphatic hydroxyl groups excluding tert-OH is 1. The van der Waals surface area contributed by atoms with Crippen molar-refractivity contribution in [2.45, 2.75) is 38.8 Å². The lowest BCUT2D eigenvalue weighted by molar-refractivity contribution is -0.209. The van der Waals surface area contributed by atoms with Crippen LogP contribution in [0.15, 0.2) is 72.6 Å². The number of cyclic esters (lactones) is 1.